The van der Waals surface area contributed by atoms with Crippen LogP contribution >= 0.6 is 11.8 Å². The van der Waals surface area contributed by atoms with E-state index >= 15 is 0 Å². The molecule has 0 aromatic rings. The first kappa shape index (κ1) is 17.7. The van der Waals surface area contributed by atoms with Gasteiger partial charge in [0.25, 0.3) is 0 Å². The topological polar surface area (TPSA) is 40.6 Å². The molecule has 1 saturated heterocycles. The Morgan fingerprint density at radius 1 is 1.00 bits per heavy atom. The van der Waals surface area contributed by atoms with Gasteiger partial charge in [-0.3, -0.25) is 9.59 Å². The summed E-state index contributed by atoms with van der Waals surface area (Å²) in [7, 11) is 0. The second-order valence-electron chi connectivity index (χ2n) is 7.56. The Morgan fingerprint density at radius 3 is 2.46 bits per heavy atom. The zero-order valence-electron chi connectivity index (χ0n) is 15.2. The van der Waals surface area contributed by atoms with E-state index in [4.69, 9.17) is 0 Å². The normalized spacial score (nSPS) is 32.3. The van der Waals surface area contributed by atoms with E-state index in [1.54, 1.807) is 18.7 Å². The number of piperazine rings is 1. The fraction of sp³-hybridized carbons (Fsp3) is 0.524. The summed E-state index contributed by atoms with van der Waals surface area (Å²) in [6, 6.07) is 0. The third-order valence-corrected chi connectivity index (χ3v) is 7.30. The van der Waals surface area contributed by atoms with Crippen molar-refractivity contribution >= 4 is 23.6 Å². The molecule has 2 amide bonds. The standard InChI is InChI=1S/C21H26N2O2S/c1-15(24)22-9-11-23(12-10-22)21(25)14-26-20-8-4-7-18-17-6-3-2-5-16(17)13-19(18)20/h2-8,16-19H,9-14H2,1H3. The van der Waals surface area contributed by atoms with Crippen LogP contribution in [0.4, 0.5) is 0 Å². The molecule has 0 N–H and O–H groups in total. The van der Waals surface area contributed by atoms with Crippen LogP contribution in [0.25, 0.3) is 0 Å². The second-order valence-corrected chi connectivity index (χ2v) is 8.61. The molecule has 4 rings (SSSR count). The Balaban J connectivity index is 1.32. The molecular weight excluding hydrogens is 344 g/mol. The van der Waals surface area contributed by atoms with Gasteiger partial charge in [0, 0.05) is 33.1 Å². The average molecular weight is 371 g/mol. The highest BCUT2D eigenvalue weighted by molar-refractivity contribution is 8.03. The number of amides is 2. The van der Waals surface area contributed by atoms with Gasteiger partial charge in [0.2, 0.25) is 11.8 Å². The van der Waals surface area contributed by atoms with Crippen molar-refractivity contribution in [3.05, 3.63) is 47.4 Å². The molecule has 1 heterocycles. The summed E-state index contributed by atoms with van der Waals surface area (Å²) in [5.41, 5.74) is 0. The van der Waals surface area contributed by atoms with Crippen LogP contribution < -0.4 is 0 Å². The van der Waals surface area contributed by atoms with Crippen LogP contribution in [-0.2, 0) is 9.59 Å². The molecule has 2 fully saturated rings. The minimum atomic E-state index is 0.0995. The molecule has 0 aromatic heterocycles. The van der Waals surface area contributed by atoms with Gasteiger partial charge in [0.15, 0.2) is 0 Å². The molecule has 138 valence electrons. The lowest BCUT2D eigenvalue weighted by Gasteiger charge is -2.34. The summed E-state index contributed by atoms with van der Waals surface area (Å²) < 4.78 is 0. The van der Waals surface area contributed by atoms with Gasteiger partial charge in [-0.2, -0.15) is 0 Å². The van der Waals surface area contributed by atoms with E-state index in [9.17, 15) is 9.59 Å². The van der Waals surface area contributed by atoms with Crippen molar-refractivity contribution in [3.63, 3.8) is 0 Å². The number of fused-ring (bicyclic) bond motifs is 3. The highest BCUT2D eigenvalue weighted by Crippen LogP contribution is 2.51. The number of hydrogen-bond donors (Lipinski definition) is 0. The minimum Gasteiger partial charge on any atom is -0.339 e. The van der Waals surface area contributed by atoms with Gasteiger partial charge in [-0.15, -0.1) is 11.8 Å². The summed E-state index contributed by atoms with van der Waals surface area (Å²) in [5, 5.41) is 0. The third-order valence-electron chi connectivity index (χ3n) is 6.13. The van der Waals surface area contributed by atoms with Crippen molar-refractivity contribution in [2.24, 2.45) is 23.7 Å². The van der Waals surface area contributed by atoms with Crippen LogP contribution in [0, 0.1) is 23.7 Å². The largest absolute Gasteiger partial charge is 0.339 e. The van der Waals surface area contributed by atoms with Crippen molar-refractivity contribution in [3.8, 4) is 0 Å². The lowest BCUT2D eigenvalue weighted by atomic mass is 9.83. The van der Waals surface area contributed by atoms with Gasteiger partial charge in [0.05, 0.1) is 5.75 Å². The molecule has 4 atom stereocenters. The molecule has 4 unspecified atom stereocenters. The number of allylic oxidation sites excluding steroid dienone is 8. The molecule has 1 saturated carbocycles. The van der Waals surface area contributed by atoms with Crippen LogP contribution in [0.3, 0.4) is 0 Å². The molecule has 4 aliphatic rings. The summed E-state index contributed by atoms with van der Waals surface area (Å²) in [6.45, 7) is 4.22. The lowest BCUT2D eigenvalue weighted by Crippen LogP contribution is -2.50. The van der Waals surface area contributed by atoms with E-state index in [1.807, 2.05) is 9.80 Å². The van der Waals surface area contributed by atoms with E-state index in [0.29, 0.717) is 55.6 Å². The monoisotopic (exact) mass is 370 g/mol. The maximum Gasteiger partial charge on any atom is 0.233 e. The van der Waals surface area contributed by atoms with Gasteiger partial charge in [0.1, 0.15) is 0 Å². The van der Waals surface area contributed by atoms with Crippen molar-refractivity contribution < 1.29 is 9.59 Å². The van der Waals surface area contributed by atoms with Gasteiger partial charge < -0.3 is 9.80 Å². The maximum atomic E-state index is 12.6. The van der Waals surface area contributed by atoms with E-state index < -0.39 is 0 Å². The summed E-state index contributed by atoms with van der Waals surface area (Å²) in [4.78, 5) is 29.1. The first-order chi connectivity index (χ1) is 12.6. The number of carbonyl (C=O) groups excluding carboxylic acids is 2. The number of nitrogens with zero attached hydrogens (tertiary/aromatic N) is 2. The van der Waals surface area contributed by atoms with Gasteiger partial charge in [-0.05, 0) is 35.0 Å². The molecule has 4 nitrogen and oxygen atoms in total. The Kier molecular flexibility index (Phi) is 5.07. The highest BCUT2D eigenvalue weighted by Gasteiger charge is 2.42. The summed E-state index contributed by atoms with van der Waals surface area (Å²) in [6.07, 6.45) is 17.0. The molecule has 0 spiro atoms. The van der Waals surface area contributed by atoms with Gasteiger partial charge >= 0.3 is 0 Å². The van der Waals surface area contributed by atoms with Crippen LogP contribution in [0.1, 0.15) is 13.3 Å². The molecule has 3 aliphatic carbocycles. The highest BCUT2D eigenvalue weighted by atomic mass is 32.2. The SMILES string of the molecule is CC(=O)N1CCN(C(=O)CSC2=CC=CC3C2CC2C=CC=CC23)CC1. The van der Waals surface area contributed by atoms with E-state index in [-0.39, 0.29) is 11.8 Å². The smallest absolute Gasteiger partial charge is 0.233 e. The van der Waals surface area contributed by atoms with Gasteiger partial charge in [-0.25, -0.2) is 0 Å². The van der Waals surface area contributed by atoms with Crippen LogP contribution in [0.15, 0.2) is 47.4 Å². The first-order valence-corrected chi connectivity index (χ1v) is 10.5. The Hall–Kier alpha value is -1.75. The first-order valence-electron chi connectivity index (χ1n) is 9.53. The number of hydrogen-bond acceptors (Lipinski definition) is 3. The fourth-order valence-electron chi connectivity index (χ4n) is 4.67. The van der Waals surface area contributed by atoms with Crippen molar-refractivity contribution in [2.75, 3.05) is 31.9 Å². The Bertz CT molecular complexity index is 701. The molecule has 0 radical (unpaired) electrons. The zero-order chi connectivity index (χ0) is 18.1. The maximum absolute atomic E-state index is 12.6. The summed E-state index contributed by atoms with van der Waals surface area (Å²) in [5.74, 6) is 3.17. The molecule has 0 bridgehead atoms. The average Bonchev–Trinajstić information content (AvgIpc) is 3.05. The second kappa shape index (κ2) is 7.47. The predicted molar refractivity (Wildman–Crippen MR) is 105 cm³/mol. The van der Waals surface area contributed by atoms with Gasteiger partial charge in [-0.1, -0.05) is 42.5 Å². The van der Waals surface area contributed by atoms with Crippen LogP contribution in [-0.4, -0.2) is 53.5 Å². The van der Waals surface area contributed by atoms with Crippen molar-refractivity contribution in [2.45, 2.75) is 13.3 Å². The van der Waals surface area contributed by atoms with Crippen LogP contribution in [0.2, 0.25) is 0 Å². The minimum absolute atomic E-state index is 0.0995. The lowest BCUT2D eigenvalue weighted by molar-refractivity contribution is -0.136. The molecule has 1 aliphatic heterocycles. The third kappa shape index (κ3) is 3.41. The quantitative estimate of drug-likeness (QED) is 0.767. The van der Waals surface area contributed by atoms with Crippen molar-refractivity contribution in [1.29, 1.82) is 0 Å². The van der Waals surface area contributed by atoms with E-state index in [0.717, 1.165) is 0 Å². The van der Waals surface area contributed by atoms with E-state index in [1.165, 1.54) is 11.3 Å². The fourth-order valence-corrected chi connectivity index (χ4v) is 5.79. The molecule has 0 aromatic carbocycles. The van der Waals surface area contributed by atoms with E-state index in [2.05, 4.69) is 42.5 Å². The summed E-state index contributed by atoms with van der Waals surface area (Å²) >= 11 is 1.72. The Morgan fingerprint density at radius 2 is 1.69 bits per heavy atom. The number of rotatable bonds is 3. The molecule has 26 heavy (non-hydrogen) atoms. The number of carbonyl (C=O) groups is 2. The van der Waals surface area contributed by atoms with Crippen molar-refractivity contribution in [1.82, 2.24) is 9.80 Å². The molecule has 5 heteroatoms. The predicted octanol–water partition coefficient (Wildman–Crippen LogP) is 2.86. The van der Waals surface area contributed by atoms with Crippen LogP contribution in [0.5, 0.6) is 0 Å². The Labute approximate surface area is 159 Å². The molecular formula is C21H26N2O2S. The zero-order valence-corrected chi connectivity index (χ0v) is 16.0. The number of thioether (sulfide) groups is 1.